The number of nitrogens with zero attached hydrogens (tertiary/aromatic N) is 4. The van der Waals surface area contributed by atoms with Crippen LogP contribution in [-0.2, 0) is 4.74 Å². The molecule has 1 atom stereocenters. The van der Waals surface area contributed by atoms with E-state index in [0.717, 1.165) is 28.0 Å². The van der Waals surface area contributed by atoms with Crippen molar-refractivity contribution in [2.75, 3.05) is 24.5 Å². The Morgan fingerprint density at radius 3 is 2.62 bits per heavy atom. The lowest BCUT2D eigenvalue weighted by Gasteiger charge is -2.41. The lowest BCUT2D eigenvalue weighted by atomic mass is 10.1. The number of carbonyl (C=O) groups excluding carboxylic acids is 1. The summed E-state index contributed by atoms with van der Waals surface area (Å²) >= 11 is 0. The molecule has 0 spiro atoms. The quantitative estimate of drug-likeness (QED) is 0.710. The molecule has 3 aromatic rings. The summed E-state index contributed by atoms with van der Waals surface area (Å²) in [5.74, 6) is 0.895. The molecule has 1 fully saturated rings. The van der Waals surface area contributed by atoms with Gasteiger partial charge < -0.3 is 19.5 Å². The predicted octanol–water partition coefficient (Wildman–Crippen LogP) is 4.07. The minimum atomic E-state index is -0.494. The Morgan fingerprint density at radius 2 is 1.93 bits per heavy atom. The van der Waals surface area contributed by atoms with Crippen LogP contribution in [-0.4, -0.2) is 57.2 Å². The van der Waals surface area contributed by atoms with Crippen LogP contribution < -0.4 is 4.90 Å². The number of benzene rings is 1. The van der Waals surface area contributed by atoms with E-state index in [-0.39, 0.29) is 12.1 Å². The number of rotatable bonds is 2. The molecule has 1 aliphatic rings. The number of anilines is 1. The van der Waals surface area contributed by atoms with E-state index in [1.54, 1.807) is 11.2 Å². The van der Waals surface area contributed by atoms with Crippen LogP contribution in [0.25, 0.3) is 22.2 Å². The Bertz CT molecular complexity index is 1010. The van der Waals surface area contributed by atoms with Crippen LogP contribution in [0.1, 0.15) is 27.7 Å². The van der Waals surface area contributed by atoms with Crippen LogP contribution in [0.4, 0.5) is 10.6 Å². The predicted molar refractivity (Wildman–Crippen MR) is 114 cm³/mol. The lowest BCUT2D eigenvalue weighted by molar-refractivity contribution is 0.0218. The largest absolute Gasteiger partial charge is 0.444 e. The SMILES string of the molecule is C[C@H]1CN(C(=O)OC(C)(C)C)CCN1c1ncnc2[nH]cc(-c3ccccc3)c12. The van der Waals surface area contributed by atoms with Crippen LogP contribution in [0.3, 0.4) is 0 Å². The molecule has 0 radical (unpaired) electrons. The highest BCUT2D eigenvalue weighted by atomic mass is 16.6. The van der Waals surface area contributed by atoms with Crippen LogP contribution >= 0.6 is 0 Å². The minimum Gasteiger partial charge on any atom is -0.444 e. The smallest absolute Gasteiger partial charge is 0.410 e. The van der Waals surface area contributed by atoms with Crippen LogP contribution in [0.2, 0.25) is 0 Å². The standard InChI is InChI=1S/C22H27N5O2/c1-15-13-26(21(28)29-22(2,3)4)10-11-27(15)20-18-17(16-8-6-5-7-9-16)12-23-19(18)24-14-25-20/h5-9,12,14-15H,10-11,13H2,1-4H3,(H,23,24,25)/t15-/m0/s1. The molecule has 0 unspecified atom stereocenters. The number of ether oxygens (including phenoxy) is 1. The maximum absolute atomic E-state index is 12.5. The average molecular weight is 393 g/mol. The normalized spacial score (nSPS) is 17.6. The molecule has 29 heavy (non-hydrogen) atoms. The van der Waals surface area contributed by atoms with E-state index in [2.05, 4.69) is 38.9 Å². The lowest BCUT2D eigenvalue weighted by Crippen LogP contribution is -2.54. The summed E-state index contributed by atoms with van der Waals surface area (Å²) in [5.41, 5.74) is 2.52. The van der Waals surface area contributed by atoms with Gasteiger partial charge in [0.15, 0.2) is 0 Å². The van der Waals surface area contributed by atoms with Crippen molar-refractivity contribution < 1.29 is 9.53 Å². The molecule has 152 valence electrons. The van der Waals surface area contributed by atoms with Gasteiger partial charge in [0.05, 0.1) is 5.39 Å². The summed E-state index contributed by atoms with van der Waals surface area (Å²) in [6.45, 7) is 9.64. The van der Waals surface area contributed by atoms with Gasteiger partial charge in [-0.1, -0.05) is 30.3 Å². The molecule has 2 aromatic heterocycles. The first-order valence-electron chi connectivity index (χ1n) is 9.95. The Morgan fingerprint density at radius 1 is 1.17 bits per heavy atom. The summed E-state index contributed by atoms with van der Waals surface area (Å²) in [4.78, 5) is 28.8. The molecule has 0 saturated carbocycles. The molecule has 7 heteroatoms. The summed E-state index contributed by atoms with van der Waals surface area (Å²) in [6.07, 6.45) is 3.32. The van der Waals surface area contributed by atoms with Crippen LogP contribution in [0.15, 0.2) is 42.9 Å². The highest BCUT2D eigenvalue weighted by Gasteiger charge is 2.31. The molecule has 1 saturated heterocycles. The van der Waals surface area contributed by atoms with Gasteiger partial charge in [-0.05, 0) is 33.3 Å². The zero-order chi connectivity index (χ0) is 20.6. The number of H-pyrrole nitrogens is 1. The second kappa shape index (κ2) is 7.39. The zero-order valence-corrected chi connectivity index (χ0v) is 17.3. The Labute approximate surface area is 170 Å². The fraction of sp³-hybridized carbons (Fsp3) is 0.409. The van der Waals surface area contributed by atoms with Crippen molar-refractivity contribution >= 4 is 22.9 Å². The van der Waals surface area contributed by atoms with Crippen LogP contribution in [0.5, 0.6) is 0 Å². The number of hydrogen-bond donors (Lipinski definition) is 1. The number of amides is 1. The van der Waals surface area contributed by atoms with E-state index in [1.807, 2.05) is 45.2 Å². The van der Waals surface area contributed by atoms with Crippen molar-refractivity contribution in [1.82, 2.24) is 19.9 Å². The maximum atomic E-state index is 12.5. The average Bonchev–Trinajstić information content (AvgIpc) is 3.12. The second-order valence-corrected chi connectivity index (χ2v) is 8.46. The molecule has 3 heterocycles. The molecule has 1 aliphatic heterocycles. The minimum absolute atomic E-state index is 0.105. The van der Waals surface area contributed by atoms with E-state index in [9.17, 15) is 4.79 Å². The van der Waals surface area contributed by atoms with Gasteiger partial charge in [-0.3, -0.25) is 0 Å². The molecule has 4 rings (SSSR count). The zero-order valence-electron chi connectivity index (χ0n) is 17.3. The van der Waals surface area contributed by atoms with Gasteiger partial charge in [-0.15, -0.1) is 0 Å². The molecule has 1 aromatic carbocycles. The Kier molecular flexibility index (Phi) is 4.90. The van der Waals surface area contributed by atoms with Crippen molar-refractivity contribution in [3.63, 3.8) is 0 Å². The van der Waals surface area contributed by atoms with E-state index in [1.165, 1.54) is 0 Å². The molecular formula is C22H27N5O2. The molecular weight excluding hydrogens is 366 g/mol. The van der Waals surface area contributed by atoms with Gasteiger partial charge >= 0.3 is 6.09 Å². The third-order valence-corrected chi connectivity index (χ3v) is 5.09. The first-order chi connectivity index (χ1) is 13.8. The van der Waals surface area contributed by atoms with Crippen molar-refractivity contribution in [1.29, 1.82) is 0 Å². The molecule has 1 amide bonds. The number of carbonyl (C=O) groups is 1. The van der Waals surface area contributed by atoms with Gasteiger partial charge in [-0.2, -0.15) is 0 Å². The highest BCUT2D eigenvalue weighted by molar-refractivity contribution is 6.01. The van der Waals surface area contributed by atoms with E-state index in [0.29, 0.717) is 19.6 Å². The third kappa shape index (κ3) is 3.90. The summed E-state index contributed by atoms with van der Waals surface area (Å²) < 4.78 is 5.54. The van der Waals surface area contributed by atoms with Gasteiger partial charge in [0.2, 0.25) is 0 Å². The summed E-state index contributed by atoms with van der Waals surface area (Å²) in [5, 5.41) is 1.01. The number of aromatic nitrogens is 3. The number of fused-ring (bicyclic) bond motifs is 1. The number of aromatic amines is 1. The van der Waals surface area contributed by atoms with E-state index >= 15 is 0 Å². The van der Waals surface area contributed by atoms with Gasteiger partial charge in [0.25, 0.3) is 0 Å². The number of piperazine rings is 1. The molecule has 7 nitrogen and oxygen atoms in total. The Hall–Kier alpha value is -3.09. The topological polar surface area (TPSA) is 74.3 Å². The Balaban J connectivity index is 1.63. The van der Waals surface area contributed by atoms with Crippen LogP contribution in [0, 0.1) is 0 Å². The van der Waals surface area contributed by atoms with Crippen molar-refractivity contribution in [2.45, 2.75) is 39.3 Å². The third-order valence-electron chi connectivity index (χ3n) is 5.09. The first kappa shape index (κ1) is 19.2. The number of nitrogens with one attached hydrogen (secondary N) is 1. The molecule has 1 N–H and O–H groups in total. The fourth-order valence-electron chi connectivity index (χ4n) is 3.77. The monoisotopic (exact) mass is 393 g/mol. The van der Waals surface area contributed by atoms with Crippen molar-refractivity contribution in [3.05, 3.63) is 42.9 Å². The van der Waals surface area contributed by atoms with Gasteiger partial charge in [0.1, 0.15) is 23.4 Å². The molecule has 0 bridgehead atoms. The van der Waals surface area contributed by atoms with Crippen molar-refractivity contribution in [2.24, 2.45) is 0 Å². The number of hydrogen-bond acceptors (Lipinski definition) is 5. The van der Waals surface area contributed by atoms with Crippen molar-refractivity contribution in [3.8, 4) is 11.1 Å². The van der Waals surface area contributed by atoms with Gasteiger partial charge in [-0.25, -0.2) is 14.8 Å². The molecule has 0 aliphatic carbocycles. The highest BCUT2D eigenvalue weighted by Crippen LogP contribution is 2.34. The maximum Gasteiger partial charge on any atom is 0.410 e. The summed E-state index contributed by atoms with van der Waals surface area (Å²) in [6, 6.07) is 10.3. The second-order valence-electron chi connectivity index (χ2n) is 8.46. The first-order valence-corrected chi connectivity index (χ1v) is 9.95. The fourth-order valence-corrected chi connectivity index (χ4v) is 3.77. The van der Waals surface area contributed by atoms with E-state index in [4.69, 9.17) is 4.74 Å². The van der Waals surface area contributed by atoms with Gasteiger partial charge in [0, 0.05) is 37.4 Å². The van der Waals surface area contributed by atoms with E-state index < -0.39 is 5.60 Å². The summed E-state index contributed by atoms with van der Waals surface area (Å²) in [7, 11) is 0.